The molecule has 2 heterocycles. The molecule has 0 saturated carbocycles. The zero-order valence-electron chi connectivity index (χ0n) is 11.3. The Morgan fingerprint density at radius 2 is 2.42 bits per heavy atom. The summed E-state index contributed by atoms with van der Waals surface area (Å²) >= 11 is 0. The summed E-state index contributed by atoms with van der Waals surface area (Å²) in [4.78, 5) is 13.9. The molecule has 1 aromatic rings. The number of anilines is 1. The first-order chi connectivity index (χ1) is 8.54. The van der Waals surface area contributed by atoms with Crippen LogP contribution in [0.25, 0.3) is 0 Å². The third-order valence-electron chi connectivity index (χ3n) is 3.32. The van der Waals surface area contributed by atoms with Crippen molar-refractivity contribution in [2.24, 2.45) is 11.7 Å². The van der Waals surface area contributed by atoms with E-state index in [2.05, 4.69) is 22.3 Å². The van der Waals surface area contributed by atoms with Crippen LogP contribution < -0.4 is 11.1 Å². The Balaban J connectivity index is 0.00000180. The van der Waals surface area contributed by atoms with Crippen LogP contribution in [-0.4, -0.2) is 41.6 Å². The number of carbonyl (C=O) groups is 1. The Hall–Kier alpha value is -1.11. The summed E-state index contributed by atoms with van der Waals surface area (Å²) in [5.41, 5.74) is 5.95. The average molecular weight is 289 g/mol. The number of halogens is 1. The second-order valence-corrected chi connectivity index (χ2v) is 5.04. The molecular weight excluding hydrogens is 268 g/mol. The number of hydrogen-bond acceptors (Lipinski definition) is 5. The fraction of sp³-hybridized carbons (Fsp3) is 0.667. The lowest BCUT2D eigenvalue weighted by molar-refractivity contribution is -0.117. The van der Waals surface area contributed by atoms with Crippen molar-refractivity contribution in [3.63, 3.8) is 0 Å². The maximum atomic E-state index is 11.8. The molecule has 108 valence electrons. The number of carbonyl (C=O) groups excluding carboxylic acids is 1. The van der Waals surface area contributed by atoms with Crippen LogP contribution in [0.3, 0.4) is 0 Å². The molecule has 1 fully saturated rings. The minimum Gasteiger partial charge on any atom is -0.360 e. The van der Waals surface area contributed by atoms with Crippen LogP contribution in [0, 0.1) is 12.8 Å². The molecule has 0 bridgehead atoms. The van der Waals surface area contributed by atoms with E-state index in [4.69, 9.17) is 10.3 Å². The van der Waals surface area contributed by atoms with Gasteiger partial charge in [-0.05, 0) is 19.3 Å². The molecule has 6 nitrogen and oxygen atoms in total. The molecule has 2 rings (SSSR count). The first-order valence-corrected chi connectivity index (χ1v) is 6.25. The number of nitrogens with one attached hydrogen (secondary N) is 1. The summed E-state index contributed by atoms with van der Waals surface area (Å²) in [6.07, 6.45) is 0.942. The van der Waals surface area contributed by atoms with Gasteiger partial charge in [-0.25, -0.2) is 0 Å². The van der Waals surface area contributed by atoms with Gasteiger partial charge < -0.3 is 15.6 Å². The molecule has 1 aliphatic heterocycles. The first kappa shape index (κ1) is 15.9. The highest BCUT2D eigenvalue weighted by molar-refractivity contribution is 5.91. The van der Waals surface area contributed by atoms with Gasteiger partial charge in [-0.2, -0.15) is 0 Å². The third-order valence-corrected chi connectivity index (χ3v) is 3.32. The van der Waals surface area contributed by atoms with Gasteiger partial charge in [0.2, 0.25) is 5.91 Å². The quantitative estimate of drug-likeness (QED) is 0.867. The van der Waals surface area contributed by atoms with Gasteiger partial charge in [0.05, 0.1) is 6.54 Å². The van der Waals surface area contributed by atoms with E-state index >= 15 is 0 Å². The fourth-order valence-corrected chi connectivity index (χ4v) is 2.20. The summed E-state index contributed by atoms with van der Waals surface area (Å²) < 4.78 is 4.89. The number of piperidine rings is 1. The lowest BCUT2D eigenvalue weighted by Crippen LogP contribution is -2.48. The van der Waals surface area contributed by atoms with Crippen LogP contribution in [0.1, 0.15) is 19.1 Å². The molecule has 3 N–H and O–H groups in total. The Morgan fingerprint density at radius 1 is 1.68 bits per heavy atom. The van der Waals surface area contributed by atoms with Crippen LogP contribution in [0.15, 0.2) is 10.6 Å². The molecule has 0 aliphatic carbocycles. The van der Waals surface area contributed by atoms with E-state index in [9.17, 15) is 4.79 Å². The van der Waals surface area contributed by atoms with E-state index in [1.807, 2.05) is 0 Å². The summed E-state index contributed by atoms with van der Waals surface area (Å²) in [5.74, 6) is 1.52. The van der Waals surface area contributed by atoms with Crippen LogP contribution in [0.2, 0.25) is 0 Å². The number of nitrogens with two attached hydrogens (primary N) is 1. The number of amides is 1. The number of hydrogen-bond donors (Lipinski definition) is 2. The van der Waals surface area contributed by atoms with E-state index in [1.54, 1.807) is 13.0 Å². The third kappa shape index (κ3) is 4.49. The van der Waals surface area contributed by atoms with Crippen molar-refractivity contribution in [3.8, 4) is 0 Å². The lowest BCUT2D eigenvalue weighted by Gasteiger charge is -2.34. The van der Waals surface area contributed by atoms with Gasteiger partial charge in [0.15, 0.2) is 5.82 Å². The van der Waals surface area contributed by atoms with Crippen molar-refractivity contribution in [3.05, 3.63) is 11.8 Å². The monoisotopic (exact) mass is 288 g/mol. The van der Waals surface area contributed by atoms with Crippen LogP contribution in [-0.2, 0) is 4.79 Å². The predicted molar refractivity (Wildman–Crippen MR) is 75.3 cm³/mol. The van der Waals surface area contributed by atoms with Crippen molar-refractivity contribution in [1.82, 2.24) is 10.1 Å². The lowest BCUT2D eigenvalue weighted by atomic mass is 9.95. The summed E-state index contributed by atoms with van der Waals surface area (Å²) in [5, 5.41) is 6.45. The van der Waals surface area contributed by atoms with Crippen LogP contribution >= 0.6 is 12.4 Å². The van der Waals surface area contributed by atoms with E-state index in [-0.39, 0.29) is 24.4 Å². The van der Waals surface area contributed by atoms with E-state index < -0.39 is 0 Å². The zero-order valence-corrected chi connectivity index (χ0v) is 12.1. The van der Waals surface area contributed by atoms with Crippen molar-refractivity contribution < 1.29 is 9.32 Å². The number of rotatable bonds is 3. The normalized spacial score (nSPS) is 23.7. The molecule has 1 aromatic heterocycles. The van der Waals surface area contributed by atoms with Gasteiger partial charge in [0.25, 0.3) is 0 Å². The van der Waals surface area contributed by atoms with E-state index in [0.29, 0.717) is 24.0 Å². The Bertz CT molecular complexity index is 424. The Kier molecular flexibility index (Phi) is 5.78. The number of aromatic nitrogens is 1. The summed E-state index contributed by atoms with van der Waals surface area (Å²) in [6.45, 7) is 6.03. The van der Waals surface area contributed by atoms with Gasteiger partial charge in [-0.1, -0.05) is 12.1 Å². The molecule has 0 radical (unpaired) electrons. The molecule has 2 atom stereocenters. The maximum Gasteiger partial charge on any atom is 0.239 e. The average Bonchev–Trinajstić information content (AvgIpc) is 2.69. The highest BCUT2D eigenvalue weighted by Gasteiger charge is 2.24. The van der Waals surface area contributed by atoms with E-state index in [0.717, 1.165) is 19.5 Å². The smallest absolute Gasteiger partial charge is 0.239 e. The van der Waals surface area contributed by atoms with E-state index in [1.165, 1.54) is 0 Å². The van der Waals surface area contributed by atoms with Gasteiger partial charge in [0, 0.05) is 25.2 Å². The minimum absolute atomic E-state index is 0. The summed E-state index contributed by atoms with van der Waals surface area (Å²) in [6, 6.07) is 1.95. The molecule has 0 spiro atoms. The second kappa shape index (κ2) is 6.88. The first-order valence-electron chi connectivity index (χ1n) is 6.25. The van der Waals surface area contributed by atoms with Gasteiger partial charge in [-0.3, -0.25) is 9.69 Å². The molecule has 0 aromatic carbocycles. The Labute approximate surface area is 119 Å². The van der Waals surface area contributed by atoms with Crippen molar-refractivity contribution in [2.45, 2.75) is 26.3 Å². The maximum absolute atomic E-state index is 11.8. The van der Waals surface area contributed by atoms with Gasteiger partial charge in [0.1, 0.15) is 5.76 Å². The van der Waals surface area contributed by atoms with Crippen LogP contribution in [0.4, 0.5) is 5.82 Å². The van der Waals surface area contributed by atoms with Crippen LogP contribution in [0.5, 0.6) is 0 Å². The fourth-order valence-electron chi connectivity index (χ4n) is 2.20. The molecule has 19 heavy (non-hydrogen) atoms. The topological polar surface area (TPSA) is 84.4 Å². The molecule has 7 heteroatoms. The molecule has 2 unspecified atom stereocenters. The van der Waals surface area contributed by atoms with Crippen molar-refractivity contribution in [1.29, 1.82) is 0 Å². The van der Waals surface area contributed by atoms with Crippen molar-refractivity contribution >= 4 is 24.1 Å². The largest absolute Gasteiger partial charge is 0.360 e. The molecule has 1 amide bonds. The SMILES string of the molecule is Cc1cc(NC(=O)CN2CCC(N)C(C)C2)no1.Cl. The number of nitrogens with zero attached hydrogens (tertiary/aromatic N) is 2. The predicted octanol–water partition coefficient (Wildman–Crippen LogP) is 1.01. The number of likely N-dealkylation sites (tertiary alicyclic amines) is 1. The zero-order chi connectivity index (χ0) is 13.1. The summed E-state index contributed by atoms with van der Waals surface area (Å²) in [7, 11) is 0. The Morgan fingerprint density at radius 3 is 3.00 bits per heavy atom. The van der Waals surface area contributed by atoms with Gasteiger partial charge in [-0.15, -0.1) is 12.4 Å². The molecule has 1 aliphatic rings. The number of aryl methyl sites for hydroxylation is 1. The highest BCUT2D eigenvalue weighted by Crippen LogP contribution is 2.14. The minimum atomic E-state index is -0.0639. The highest BCUT2D eigenvalue weighted by atomic mass is 35.5. The molecular formula is C12H21ClN4O2. The second-order valence-electron chi connectivity index (χ2n) is 5.04. The van der Waals surface area contributed by atoms with Crippen molar-refractivity contribution in [2.75, 3.05) is 25.0 Å². The molecule has 1 saturated heterocycles. The standard InChI is InChI=1S/C12H20N4O2.ClH/c1-8-6-16(4-3-10(8)13)7-12(17)14-11-5-9(2)18-15-11;/h5,8,10H,3-4,6-7,13H2,1-2H3,(H,14,15,17);1H. The van der Waals surface area contributed by atoms with Gasteiger partial charge >= 0.3 is 0 Å².